The fourth-order valence-corrected chi connectivity index (χ4v) is 2.60. The SMILES string of the molecule is COc1ccc(C(NC(=O)Nc2ccc(OC)nc2)C2CC2)cc1. The minimum Gasteiger partial charge on any atom is -0.497 e. The molecule has 24 heavy (non-hydrogen) atoms. The van der Waals surface area contributed by atoms with Gasteiger partial charge in [-0.1, -0.05) is 12.1 Å². The van der Waals surface area contributed by atoms with Gasteiger partial charge in [0, 0.05) is 6.07 Å². The van der Waals surface area contributed by atoms with E-state index in [9.17, 15) is 4.79 Å². The first-order valence-corrected chi connectivity index (χ1v) is 7.91. The van der Waals surface area contributed by atoms with E-state index in [-0.39, 0.29) is 12.1 Å². The Labute approximate surface area is 141 Å². The van der Waals surface area contributed by atoms with Gasteiger partial charge in [-0.25, -0.2) is 9.78 Å². The second-order valence-electron chi connectivity index (χ2n) is 5.78. The lowest BCUT2D eigenvalue weighted by molar-refractivity contribution is 0.247. The van der Waals surface area contributed by atoms with Crippen LogP contribution < -0.4 is 20.1 Å². The molecule has 1 aliphatic rings. The largest absolute Gasteiger partial charge is 0.497 e. The van der Waals surface area contributed by atoms with Gasteiger partial charge in [-0.2, -0.15) is 0 Å². The Bertz CT molecular complexity index is 682. The Morgan fingerprint density at radius 2 is 1.88 bits per heavy atom. The summed E-state index contributed by atoms with van der Waals surface area (Å²) < 4.78 is 10.2. The summed E-state index contributed by atoms with van der Waals surface area (Å²) in [6.45, 7) is 0. The lowest BCUT2D eigenvalue weighted by Crippen LogP contribution is -2.33. The number of rotatable bonds is 6. The Morgan fingerprint density at radius 1 is 1.12 bits per heavy atom. The van der Waals surface area contributed by atoms with Crippen LogP contribution in [0.25, 0.3) is 0 Å². The van der Waals surface area contributed by atoms with Crippen molar-refractivity contribution in [3.63, 3.8) is 0 Å². The van der Waals surface area contributed by atoms with Gasteiger partial charge >= 0.3 is 6.03 Å². The molecule has 1 atom stereocenters. The van der Waals surface area contributed by atoms with Gasteiger partial charge in [-0.3, -0.25) is 0 Å². The van der Waals surface area contributed by atoms with Crippen molar-refractivity contribution in [2.75, 3.05) is 19.5 Å². The summed E-state index contributed by atoms with van der Waals surface area (Å²) in [6.07, 6.45) is 3.82. The van der Waals surface area contributed by atoms with Crippen LogP contribution in [0.5, 0.6) is 11.6 Å². The van der Waals surface area contributed by atoms with Crippen LogP contribution in [-0.2, 0) is 0 Å². The Hall–Kier alpha value is -2.76. The molecule has 3 rings (SSSR count). The maximum Gasteiger partial charge on any atom is 0.319 e. The number of hydrogen-bond donors (Lipinski definition) is 2. The van der Waals surface area contributed by atoms with Gasteiger partial charge in [0.25, 0.3) is 0 Å². The number of pyridine rings is 1. The van der Waals surface area contributed by atoms with E-state index >= 15 is 0 Å². The number of nitrogens with one attached hydrogen (secondary N) is 2. The van der Waals surface area contributed by atoms with Gasteiger partial charge in [-0.15, -0.1) is 0 Å². The van der Waals surface area contributed by atoms with E-state index in [1.165, 1.54) is 0 Å². The summed E-state index contributed by atoms with van der Waals surface area (Å²) in [6, 6.07) is 11.0. The fraction of sp³-hybridized carbons (Fsp3) is 0.333. The number of aromatic nitrogens is 1. The van der Waals surface area contributed by atoms with Crippen molar-refractivity contribution in [1.29, 1.82) is 0 Å². The number of anilines is 1. The summed E-state index contributed by atoms with van der Waals surface area (Å²) in [7, 11) is 3.19. The minimum absolute atomic E-state index is 0.00196. The second kappa shape index (κ2) is 7.21. The van der Waals surface area contributed by atoms with Crippen molar-refractivity contribution in [3.8, 4) is 11.6 Å². The number of urea groups is 1. The molecule has 1 aliphatic carbocycles. The molecule has 1 aromatic heterocycles. The molecule has 1 heterocycles. The maximum absolute atomic E-state index is 12.3. The Kier molecular flexibility index (Phi) is 4.84. The number of hydrogen-bond acceptors (Lipinski definition) is 4. The molecule has 1 aromatic carbocycles. The number of carbonyl (C=O) groups excluding carboxylic acids is 1. The molecular weight excluding hydrogens is 306 g/mol. The third-order valence-corrected chi connectivity index (χ3v) is 4.06. The first kappa shape index (κ1) is 16.1. The van der Waals surface area contributed by atoms with Gasteiger partial charge in [-0.05, 0) is 42.5 Å². The van der Waals surface area contributed by atoms with Crippen LogP contribution in [0.3, 0.4) is 0 Å². The number of methoxy groups -OCH3 is 2. The third kappa shape index (κ3) is 3.95. The summed E-state index contributed by atoms with van der Waals surface area (Å²) in [4.78, 5) is 16.4. The normalized spacial score (nSPS) is 14.6. The van der Waals surface area contributed by atoms with Gasteiger partial charge in [0.1, 0.15) is 5.75 Å². The zero-order chi connectivity index (χ0) is 16.9. The third-order valence-electron chi connectivity index (χ3n) is 4.06. The maximum atomic E-state index is 12.3. The highest BCUT2D eigenvalue weighted by atomic mass is 16.5. The zero-order valence-corrected chi connectivity index (χ0v) is 13.8. The molecule has 0 radical (unpaired) electrons. The second-order valence-corrected chi connectivity index (χ2v) is 5.78. The molecule has 2 amide bonds. The molecule has 0 saturated heterocycles. The summed E-state index contributed by atoms with van der Waals surface area (Å²) in [5.41, 5.74) is 1.71. The minimum atomic E-state index is -0.241. The molecule has 0 bridgehead atoms. The standard InChI is InChI=1S/C18H21N3O3/c1-23-15-8-5-13(6-9-15)17(12-3-4-12)21-18(22)20-14-7-10-16(24-2)19-11-14/h5-12,17H,3-4H2,1-2H3,(H2,20,21,22). The van der Waals surface area contributed by atoms with E-state index in [4.69, 9.17) is 9.47 Å². The average Bonchev–Trinajstić information content (AvgIpc) is 3.45. The van der Waals surface area contributed by atoms with E-state index in [0.29, 0.717) is 17.5 Å². The number of nitrogens with zero attached hydrogens (tertiary/aromatic N) is 1. The van der Waals surface area contributed by atoms with Gasteiger partial charge in [0.05, 0.1) is 32.1 Å². The van der Waals surface area contributed by atoms with E-state index in [2.05, 4.69) is 15.6 Å². The van der Waals surface area contributed by atoms with E-state index in [0.717, 1.165) is 24.2 Å². The van der Waals surface area contributed by atoms with Crippen LogP contribution in [0.4, 0.5) is 10.5 Å². The number of ether oxygens (including phenoxy) is 2. The molecule has 6 heteroatoms. The van der Waals surface area contributed by atoms with Crippen LogP contribution in [-0.4, -0.2) is 25.2 Å². The van der Waals surface area contributed by atoms with Crippen LogP contribution in [0.2, 0.25) is 0 Å². The van der Waals surface area contributed by atoms with E-state index in [1.807, 2.05) is 24.3 Å². The van der Waals surface area contributed by atoms with Gasteiger partial charge < -0.3 is 20.1 Å². The van der Waals surface area contributed by atoms with Crippen LogP contribution in [0.15, 0.2) is 42.6 Å². The molecule has 126 valence electrons. The quantitative estimate of drug-likeness (QED) is 0.853. The van der Waals surface area contributed by atoms with Crippen molar-refractivity contribution >= 4 is 11.7 Å². The number of amides is 2. The molecule has 1 fully saturated rings. The van der Waals surface area contributed by atoms with Crippen LogP contribution >= 0.6 is 0 Å². The first-order chi connectivity index (χ1) is 11.7. The lowest BCUT2D eigenvalue weighted by atomic mass is 10.0. The average molecular weight is 327 g/mol. The molecule has 0 aliphatic heterocycles. The zero-order valence-electron chi connectivity index (χ0n) is 13.8. The molecule has 2 aromatic rings. The molecule has 0 spiro atoms. The Morgan fingerprint density at radius 3 is 2.42 bits per heavy atom. The molecular formula is C18H21N3O3. The predicted molar refractivity (Wildman–Crippen MR) is 91.4 cm³/mol. The molecule has 6 nitrogen and oxygen atoms in total. The summed E-state index contributed by atoms with van der Waals surface area (Å²) >= 11 is 0. The molecule has 1 unspecified atom stereocenters. The van der Waals surface area contributed by atoms with Crippen molar-refractivity contribution < 1.29 is 14.3 Å². The Balaban J connectivity index is 1.65. The topological polar surface area (TPSA) is 72.5 Å². The smallest absolute Gasteiger partial charge is 0.319 e. The highest BCUT2D eigenvalue weighted by molar-refractivity contribution is 5.89. The lowest BCUT2D eigenvalue weighted by Gasteiger charge is -2.19. The van der Waals surface area contributed by atoms with E-state index in [1.54, 1.807) is 32.5 Å². The highest BCUT2D eigenvalue weighted by Crippen LogP contribution is 2.41. The monoisotopic (exact) mass is 327 g/mol. The van der Waals surface area contributed by atoms with Crippen LogP contribution in [0.1, 0.15) is 24.4 Å². The molecule has 1 saturated carbocycles. The fourth-order valence-electron chi connectivity index (χ4n) is 2.60. The first-order valence-electron chi connectivity index (χ1n) is 7.91. The predicted octanol–water partition coefficient (Wildman–Crippen LogP) is 3.37. The van der Waals surface area contributed by atoms with Gasteiger partial charge in [0.2, 0.25) is 5.88 Å². The number of benzene rings is 1. The van der Waals surface area contributed by atoms with Crippen molar-refractivity contribution in [2.24, 2.45) is 5.92 Å². The van der Waals surface area contributed by atoms with Crippen molar-refractivity contribution in [3.05, 3.63) is 48.2 Å². The van der Waals surface area contributed by atoms with E-state index < -0.39 is 0 Å². The number of carbonyl (C=O) groups is 1. The van der Waals surface area contributed by atoms with Gasteiger partial charge in [0.15, 0.2) is 0 Å². The molecule has 2 N–H and O–H groups in total. The van der Waals surface area contributed by atoms with Crippen molar-refractivity contribution in [1.82, 2.24) is 10.3 Å². The van der Waals surface area contributed by atoms with Crippen LogP contribution in [0, 0.1) is 5.92 Å². The highest BCUT2D eigenvalue weighted by Gasteiger charge is 2.33. The summed E-state index contributed by atoms with van der Waals surface area (Å²) in [5, 5.41) is 5.87. The van der Waals surface area contributed by atoms with Crippen molar-refractivity contribution in [2.45, 2.75) is 18.9 Å². The summed E-state index contributed by atoms with van der Waals surface area (Å²) in [5.74, 6) is 1.80.